The molecular formula is C25H26N6OS. The minimum atomic E-state index is -0.140. The van der Waals surface area contributed by atoms with Crippen molar-refractivity contribution >= 4 is 23.1 Å². The second-order valence-corrected chi connectivity index (χ2v) is 10.7. The van der Waals surface area contributed by atoms with Crippen molar-refractivity contribution < 1.29 is 4.79 Å². The first-order chi connectivity index (χ1) is 16.0. The predicted octanol–water partition coefficient (Wildman–Crippen LogP) is 3.82. The first-order valence-corrected chi connectivity index (χ1v) is 12.4. The van der Waals surface area contributed by atoms with E-state index >= 15 is 0 Å². The van der Waals surface area contributed by atoms with Gasteiger partial charge >= 0.3 is 0 Å². The third-order valence-electron chi connectivity index (χ3n) is 7.42. The van der Waals surface area contributed by atoms with Gasteiger partial charge in [0, 0.05) is 30.9 Å². The summed E-state index contributed by atoms with van der Waals surface area (Å²) >= 11 is 1.26. The number of aromatic amines is 1. The molecule has 1 saturated carbocycles. The molecule has 6 rings (SSSR count). The molecule has 1 saturated heterocycles. The van der Waals surface area contributed by atoms with Crippen molar-refractivity contribution in [3.05, 3.63) is 61.7 Å². The Kier molecular flexibility index (Phi) is 4.77. The second-order valence-electron chi connectivity index (χ2n) is 9.61. The number of nitrogens with one attached hydrogen (secondary N) is 2. The Morgan fingerprint density at radius 3 is 2.88 bits per heavy atom. The smallest absolute Gasteiger partial charge is 0.261 e. The number of amides is 1. The van der Waals surface area contributed by atoms with E-state index in [-0.39, 0.29) is 11.9 Å². The molecule has 3 aromatic rings. The Balaban J connectivity index is 1.18. The lowest BCUT2D eigenvalue weighted by atomic mass is 10.0. The number of anilines is 1. The van der Waals surface area contributed by atoms with Crippen molar-refractivity contribution in [2.45, 2.75) is 45.6 Å². The van der Waals surface area contributed by atoms with Gasteiger partial charge in [0.05, 0.1) is 16.6 Å². The van der Waals surface area contributed by atoms with Crippen LogP contribution in [0.2, 0.25) is 0 Å². The largest absolute Gasteiger partial charge is 0.356 e. The second kappa shape index (κ2) is 7.70. The first kappa shape index (κ1) is 20.4. The zero-order valence-electron chi connectivity index (χ0n) is 18.8. The molecule has 0 radical (unpaired) electrons. The Labute approximate surface area is 196 Å². The molecule has 2 fully saturated rings. The average molecular weight is 459 g/mol. The maximum absolute atomic E-state index is 13.0. The summed E-state index contributed by atoms with van der Waals surface area (Å²) in [6, 6.07) is 8.29. The summed E-state index contributed by atoms with van der Waals surface area (Å²) in [5.41, 5.74) is 6.19. The Morgan fingerprint density at radius 2 is 2.12 bits per heavy atom. The van der Waals surface area contributed by atoms with Crippen LogP contribution in [0.4, 0.5) is 5.82 Å². The monoisotopic (exact) mass is 458 g/mol. The van der Waals surface area contributed by atoms with Crippen molar-refractivity contribution in [1.82, 2.24) is 20.5 Å². The molecule has 0 spiro atoms. The van der Waals surface area contributed by atoms with Crippen LogP contribution >= 0.6 is 11.3 Å². The van der Waals surface area contributed by atoms with Crippen LogP contribution < -0.4 is 10.2 Å². The van der Waals surface area contributed by atoms with Gasteiger partial charge in [-0.05, 0) is 73.8 Å². The fraction of sp³-hybridized carbons (Fsp3) is 0.440. The topological polar surface area (TPSA) is 97.7 Å². The number of pyridine rings is 1. The highest BCUT2D eigenvalue weighted by atomic mass is 32.1. The Morgan fingerprint density at radius 1 is 1.30 bits per heavy atom. The standard InChI is InChI=1S/C25H26N6OS/c1-13-15(3-6-23(27-13)31-11-17-8-18(17)12-31)7-16-9-21(33-22(16)10-26)25(32)28-20-5-4-19-14(2)29-30-24(19)20/h3,6,9,17-18,20H,4-5,7-8,11-12H2,1-2H3,(H,28,32)(H,29,30). The number of aryl methyl sites for hydroxylation is 2. The SMILES string of the molecule is Cc1nc(N2CC3CC3C2)ccc1Cc1cc(C(=O)NC2CCc3c2n[nH]c3C)sc1C#N. The normalized spacial score (nSPS) is 22.7. The van der Waals surface area contributed by atoms with Gasteiger partial charge in [-0.3, -0.25) is 9.89 Å². The molecule has 2 aliphatic carbocycles. The highest BCUT2D eigenvalue weighted by Gasteiger charge is 2.45. The summed E-state index contributed by atoms with van der Waals surface area (Å²) in [4.78, 5) is 21.4. The molecule has 3 aliphatic rings. The van der Waals surface area contributed by atoms with E-state index in [2.05, 4.69) is 38.6 Å². The van der Waals surface area contributed by atoms with Gasteiger partial charge in [0.1, 0.15) is 16.8 Å². The first-order valence-electron chi connectivity index (χ1n) is 11.6. The van der Waals surface area contributed by atoms with Gasteiger partial charge in [-0.25, -0.2) is 4.98 Å². The van der Waals surface area contributed by atoms with Crippen molar-refractivity contribution in [2.24, 2.45) is 11.8 Å². The molecule has 1 amide bonds. The maximum atomic E-state index is 13.0. The highest BCUT2D eigenvalue weighted by molar-refractivity contribution is 7.14. The lowest BCUT2D eigenvalue weighted by molar-refractivity contribution is 0.0940. The molecule has 2 N–H and O–H groups in total. The summed E-state index contributed by atoms with van der Waals surface area (Å²) in [7, 11) is 0. The number of piperidine rings is 1. The molecular weight excluding hydrogens is 432 g/mol. The maximum Gasteiger partial charge on any atom is 0.261 e. The number of carbonyl (C=O) groups is 1. The van der Waals surface area contributed by atoms with E-state index in [0.29, 0.717) is 16.2 Å². The van der Waals surface area contributed by atoms with Crippen LogP contribution in [0.25, 0.3) is 0 Å². The summed E-state index contributed by atoms with van der Waals surface area (Å²) in [6.45, 7) is 6.29. The highest BCUT2D eigenvalue weighted by Crippen LogP contribution is 2.46. The van der Waals surface area contributed by atoms with Crippen LogP contribution in [0, 0.1) is 37.0 Å². The van der Waals surface area contributed by atoms with E-state index in [1.807, 2.05) is 19.9 Å². The molecule has 7 nitrogen and oxygen atoms in total. The fourth-order valence-corrected chi connectivity index (χ4v) is 6.25. The van der Waals surface area contributed by atoms with Gasteiger partial charge in [0.15, 0.2) is 0 Å². The number of carbonyl (C=O) groups excluding carboxylic acids is 1. The van der Waals surface area contributed by atoms with Gasteiger partial charge in [0.25, 0.3) is 5.91 Å². The Bertz CT molecular complexity index is 1290. The lowest BCUT2D eigenvalue weighted by Crippen LogP contribution is -2.26. The van der Waals surface area contributed by atoms with E-state index < -0.39 is 0 Å². The Hall–Kier alpha value is -3.18. The van der Waals surface area contributed by atoms with E-state index in [1.165, 1.54) is 23.3 Å². The van der Waals surface area contributed by atoms with Crippen molar-refractivity contribution in [3.63, 3.8) is 0 Å². The van der Waals surface area contributed by atoms with Crippen LogP contribution in [0.1, 0.15) is 67.2 Å². The third-order valence-corrected chi connectivity index (χ3v) is 8.50. The van der Waals surface area contributed by atoms with Gasteiger partial charge in [-0.2, -0.15) is 10.4 Å². The van der Waals surface area contributed by atoms with Crippen LogP contribution in [0.3, 0.4) is 0 Å². The van der Waals surface area contributed by atoms with E-state index in [9.17, 15) is 10.1 Å². The molecule has 3 atom stereocenters. The molecule has 1 aliphatic heterocycles. The number of aromatic nitrogens is 3. The lowest BCUT2D eigenvalue weighted by Gasteiger charge is -2.20. The number of H-pyrrole nitrogens is 1. The van der Waals surface area contributed by atoms with Crippen LogP contribution in [-0.2, 0) is 12.8 Å². The van der Waals surface area contributed by atoms with E-state index in [1.54, 1.807) is 0 Å². The molecule has 33 heavy (non-hydrogen) atoms. The van der Waals surface area contributed by atoms with Crippen LogP contribution in [0.5, 0.6) is 0 Å². The zero-order valence-corrected chi connectivity index (χ0v) is 19.6. The van der Waals surface area contributed by atoms with E-state index in [0.717, 1.165) is 71.8 Å². The van der Waals surface area contributed by atoms with Crippen molar-refractivity contribution in [2.75, 3.05) is 18.0 Å². The number of nitriles is 1. The molecule has 3 aromatic heterocycles. The summed E-state index contributed by atoms with van der Waals surface area (Å²) in [5, 5.41) is 20.2. The third kappa shape index (κ3) is 3.61. The molecule has 3 unspecified atom stereocenters. The van der Waals surface area contributed by atoms with Crippen LogP contribution in [0.15, 0.2) is 18.2 Å². The van der Waals surface area contributed by atoms with E-state index in [4.69, 9.17) is 4.98 Å². The molecule has 4 heterocycles. The van der Waals surface area contributed by atoms with Crippen LogP contribution in [-0.4, -0.2) is 34.2 Å². The quantitative estimate of drug-likeness (QED) is 0.606. The molecule has 0 bridgehead atoms. The predicted molar refractivity (Wildman–Crippen MR) is 126 cm³/mol. The number of hydrogen-bond acceptors (Lipinski definition) is 6. The number of thiophene rings is 1. The molecule has 8 heteroatoms. The van der Waals surface area contributed by atoms with Gasteiger partial charge < -0.3 is 10.2 Å². The zero-order chi connectivity index (χ0) is 22.7. The van der Waals surface area contributed by atoms with Crippen molar-refractivity contribution in [3.8, 4) is 6.07 Å². The van der Waals surface area contributed by atoms with Gasteiger partial charge in [-0.15, -0.1) is 11.3 Å². The number of hydrogen-bond donors (Lipinski definition) is 2. The van der Waals surface area contributed by atoms with Crippen molar-refractivity contribution in [1.29, 1.82) is 5.26 Å². The van der Waals surface area contributed by atoms with Gasteiger partial charge in [0.2, 0.25) is 0 Å². The summed E-state index contributed by atoms with van der Waals surface area (Å²) < 4.78 is 0. The summed E-state index contributed by atoms with van der Waals surface area (Å²) in [6.07, 6.45) is 3.76. The number of fused-ring (bicyclic) bond motifs is 2. The average Bonchev–Trinajstić information content (AvgIpc) is 3.23. The fourth-order valence-electron chi connectivity index (χ4n) is 5.37. The minimum absolute atomic E-state index is 0.0795. The molecule has 0 aromatic carbocycles. The number of nitrogens with zero attached hydrogens (tertiary/aromatic N) is 4. The number of rotatable bonds is 5. The van der Waals surface area contributed by atoms with Gasteiger partial charge in [-0.1, -0.05) is 6.07 Å². The molecule has 168 valence electrons. The minimum Gasteiger partial charge on any atom is -0.356 e. The summed E-state index contributed by atoms with van der Waals surface area (Å²) in [5.74, 6) is 2.65.